The number of aromatic nitrogens is 1. The number of ether oxygens (including phenoxy) is 2. The van der Waals surface area contributed by atoms with Crippen molar-refractivity contribution in [2.24, 2.45) is 0 Å². The molecule has 140 valence electrons. The molecule has 1 N–H and O–H groups in total. The van der Waals surface area contributed by atoms with Crippen molar-refractivity contribution in [1.82, 2.24) is 9.71 Å². The van der Waals surface area contributed by atoms with Crippen molar-refractivity contribution >= 4 is 15.8 Å². The molecule has 1 spiro atoms. The van der Waals surface area contributed by atoms with E-state index in [9.17, 15) is 8.42 Å². The second-order valence-electron chi connectivity index (χ2n) is 6.76. The van der Waals surface area contributed by atoms with Gasteiger partial charge < -0.3 is 14.4 Å². The van der Waals surface area contributed by atoms with Crippen LogP contribution in [0.3, 0.4) is 0 Å². The summed E-state index contributed by atoms with van der Waals surface area (Å²) in [6.07, 6.45) is 4.77. The third kappa shape index (κ3) is 4.31. The molecular weight excluding hydrogens is 342 g/mol. The van der Waals surface area contributed by atoms with Gasteiger partial charge in [-0.2, -0.15) is 0 Å². The lowest BCUT2D eigenvalue weighted by Gasteiger charge is -2.38. The molecule has 0 aromatic carbocycles. The number of pyridine rings is 1. The maximum absolute atomic E-state index is 12.4. The molecule has 0 radical (unpaired) electrons. The largest absolute Gasteiger partial charge is 0.356 e. The molecule has 1 aromatic rings. The van der Waals surface area contributed by atoms with E-state index in [0.29, 0.717) is 13.2 Å². The highest BCUT2D eigenvalue weighted by Crippen LogP contribution is 2.32. The highest BCUT2D eigenvalue weighted by atomic mass is 32.2. The van der Waals surface area contributed by atoms with Crippen LogP contribution in [0.15, 0.2) is 23.2 Å². The molecule has 1 atom stereocenters. The van der Waals surface area contributed by atoms with Gasteiger partial charge in [-0.05, 0) is 25.5 Å². The van der Waals surface area contributed by atoms with Crippen LogP contribution >= 0.6 is 0 Å². The van der Waals surface area contributed by atoms with Crippen LogP contribution in [0, 0.1) is 0 Å². The van der Waals surface area contributed by atoms with Crippen molar-refractivity contribution in [3.63, 3.8) is 0 Å². The standard InChI is InChI=1S/C17H27N3O4S/c1-3-4-14(2)19-25(21,22)15-5-6-16(18-13-15)20-9-7-17(8-10-20)23-11-12-24-17/h5-6,13-14,19H,3-4,7-12H2,1-2H3. The maximum Gasteiger partial charge on any atom is 0.242 e. The van der Waals surface area contributed by atoms with Crippen molar-refractivity contribution in [2.45, 2.75) is 56.3 Å². The molecule has 2 saturated heterocycles. The Hall–Kier alpha value is -1.22. The SMILES string of the molecule is CCCC(C)NS(=O)(=O)c1ccc(N2CCC3(CC2)OCCO3)nc1. The number of nitrogens with zero attached hydrogens (tertiary/aromatic N) is 2. The second kappa shape index (κ2) is 7.57. The van der Waals surface area contributed by atoms with E-state index in [4.69, 9.17) is 9.47 Å². The Labute approximate surface area is 149 Å². The summed E-state index contributed by atoms with van der Waals surface area (Å²) in [7, 11) is -3.52. The normalized spacial score (nSPS) is 21.6. The summed E-state index contributed by atoms with van der Waals surface area (Å²) in [6, 6.07) is 3.31. The fourth-order valence-corrected chi connectivity index (χ4v) is 4.63. The fourth-order valence-electron chi connectivity index (χ4n) is 3.41. The zero-order valence-electron chi connectivity index (χ0n) is 14.9. The quantitative estimate of drug-likeness (QED) is 0.825. The van der Waals surface area contributed by atoms with Crippen LogP contribution in [0.25, 0.3) is 0 Å². The molecule has 25 heavy (non-hydrogen) atoms. The topological polar surface area (TPSA) is 80.8 Å². The molecule has 0 bridgehead atoms. The first-order valence-electron chi connectivity index (χ1n) is 8.95. The summed E-state index contributed by atoms with van der Waals surface area (Å²) in [4.78, 5) is 6.70. The number of rotatable bonds is 6. The van der Waals surface area contributed by atoms with Crippen molar-refractivity contribution in [1.29, 1.82) is 0 Å². The lowest BCUT2D eigenvalue weighted by molar-refractivity contribution is -0.169. The first-order chi connectivity index (χ1) is 11.9. The lowest BCUT2D eigenvalue weighted by atomic mass is 10.0. The van der Waals surface area contributed by atoms with Crippen LogP contribution in [-0.2, 0) is 19.5 Å². The van der Waals surface area contributed by atoms with Gasteiger partial charge in [-0.15, -0.1) is 0 Å². The predicted molar refractivity (Wildman–Crippen MR) is 95.0 cm³/mol. The predicted octanol–water partition coefficient (Wildman–Crippen LogP) is 1.89. The van der Waals surface area contributed by atoms with Crippen molar-refractivity contribution < 1.29 is 17.9 Å². The van der Waals surface area contributed by atoms with Gasteiger partial charge in [0.2, 0.25) is 10.0 Å². The van der Waals surface area contributed by atoms with E-state index >= 15 is 0 Å². The van der Waals surface area contributed by atoms with E-state index in [1.54, 1.807) is 12.1 Å². The van der Waals surface area contributed by atoms with E-state index in [1.807, 2.05) is 13.8 Å². The van der Waals surface area contributed by atoms with Crippen LogP contribution in [0.4, 0.5) is 5.82 Å². The van der Waals surface area contributed by atoms with Crippen molar-refractivity contribution in [2.75, 3.05) is 31.2 Å². The maximum atomic E-state index is 12.4. The summed E-state index contributed by atoms with van der Waals surface area (Å²) >= 11 is 0. The smallest absolute Gasteiger partial charge is 0.242 e. The minimum absolute atomic E-state index is 0.0839. The molecule has 1 unspecified atom stereocenters. The van der Waals surface area contributed by atoms with Crippen LogP contribution in [0.2, 0.25) is 0 Å². The average Bonchev–Trinajstić information content (AvgIpc) is 3.03. The third-order valence-electron chi connectivity index (χ3n) is 4.77. The van der Waals surface area contributed by atoms with Crippen LogP contribution < -0.4 is 9.62 Å². The first-order valence-corrected chi connectivity index (χ1v) is 10.4. The minimum Gasteiger partial charge on any atom is -0.356 e. The molecule has 8 heteroatoms. The van der Waals surface area contributed by atoms with Crippen molar-refractivity contribution in [3.8, 4) is 0 Å². The first kappa shape index (κ1) is 18.6. The molecule has 0 saturated carbocycles. The van der Waals surface area contributed by atoms with Gasteiger partial charge in [0, 0.05) is 38.2 Å². The van der Waals surface area contributed by atoms with E-state index in [0.717, 1.165) is 44.6 Å². The molecule has 2 fully saturated rings. The average molecular weight is 369 g/mol. The van der Waals surface area contributed by atoms with Gasteiger partial charge in [0.1, 0.15) is 10.7 Å². The summed E-state index contributed by atoms with van der Waals surface area (Å²) in [5.74, 6) is 0.368. The fraction of sp³-hybridized carbons (Fsp3) is 0.706. The molecule has 7 nitrogen and oxygen atoms in total. The Bertz CT molecular complexity index is 662. The highest BCUT2D eigenvalue weighted by Gasteiger charge is 2.40. The molecule has 0 aliphatic carbocycles. The zero-order valence-corrected chi connectivity index (χ0v) is 15.7. The van der Waals surface area contributed by atoms with Gasteiger partial charge in [0.15, 0.2) is 5.79 Å². The lowest BCUT2D eigenvalue weighted by Crippen LogP contribution is -2.45. The second-order valence-corrected chi connectivity index (χ2v) is 8.47. The number of nitrogens with one attached hydrogen (secondary N) is 1. The Morgan fingerprint density at radius 1 is 1.28 bits per heavy atom. The molecule has 1 aromatic heterocycles. The Kier molecular flexibility index (Phi) is 5.62. The molecule has 2 aliphatic rings. The molecule has 3 heterocycles. The van der Waals surface area contributed by atoms with Gasteiger partial charge in [-0.3, -0.25) is 0 Å². The zero-order chi connectivity index (χ0) is 17.9. The highest BCUT2D eigenvalue weighted by molar-refractivity contribution is 7.89. The minimum atomic E-state index is -3.52. The number of hydrogen-bond acceptors (Lipinski definition) is 6. The van der Waals surface area contributed by atoms with E-state index in [2.05, 4.69) is 14.6 Å². The third-order valence-corrected chi connectivity index (χ3v) is 6.35. The number of hydrogen-bond donors (Lipinski definition) is 1. The Balaban J connectivity index is 1.62. The van der Waals surface area contributed by atoms with Crippen LogP contribution in [0.5, 0.6) is 0 Å². The summed E-state index contributed by atoms with van der Waals surface area (Å²) in [5.41, 5.74) is 0. The Morgan fingerprint density at radius 2 is 1.96 bits per heavy atom. The van der Waals surface area contributed by atoms with E-state index < -0.39 is 15.8 Å². The molecule has 3 rings (SSSR count). The van der Waals surface area contributed by atoms with Gasteiger partial charge in [0.25, 0.3) is 0 Å². The monoisotopic (exact) mass is 369 g/mol. The number of sulfonamides is 1. The molecule has 0 amide bonds. The summed E-state index contributed by atoms with van der Waals surface area (Å²) < 4.78 is 38.9. The van der Waals surface area contributed by atoms with E-state index in [1.165, 1.54) is 6.20 Å². The number of anilines is 1. The summed E-state index contributed by atoms with van der Waals surface area (Å²) in [6.45, 7) is 6.80. The van der Waals surface area contributed by atoms with Crippen LogP contribution in [0.1, 0.15) is 39.5 Å². The molecule has 2 aliphatic heterocycles. The van der Waals surface area contributed by atoms with Gasteiger partial charge in [0.05, 0.1) is 13.2 Å². The van der Waals surface area contributed by atoms with Crippen molar-refractivity contribution in [3.05, 3.63) is 18.3 Å². The molecular formula is C17H27N3O4S. The van der Waals surface area contributed by atoms with E-state index in [-0.39, 0.29) is 10.9 Å². The van der Waals surface area contributed by atoms with Gasteiger partial charge in [-0.1, -0.05) is 13.3 Å². The van der Waals surface area contributed by atoms with Gasteiger partial charge in [-0.25, -0.2) is 18.1 Å². The van der Waals surface area contributed by atoms with Gasteiger partial charge >= 0.3 is 0 Å². The summed E-state index contributed by atoms with van der Waals surface area (Å²) in [5, 5.41) is 0. The Morgan fingerprint density at radius 3 is 2.52 bits per heavy atom. The van der Waals surface area contributed by atoms with Crippen LogP contribution in [-0.4, -0.2) is 51.5 Å². The number of piperidine rings is 1.